The zero-order chi connectivity index (χ0) is 22.7. The second-order valence-electron chi connectivity index (χ2n) is 11.4. The van der Waals surface area contributed by atoms with Crippen molar-refractivity contribution >= 4 is 11.6 Å². The summed E-state index contributed by atoms with van der Waals surface area (Å²) in [5.74, 6) is 2.29. The number of methoxy groups -OCH3 is 1. The van der Waals surface area contributed by atoms with E-state index in [1.807, 2.05) is 0 Å². The van der Waals surface area contributed by atoms with Gasteiger partial charge in [0.1, 0.15) is 17.3 Å². The summed E-state index contributed by atoms with van der Waals surface area (Å²) < 4.78 is 5.46. The number of rotatable bonds is 5. The molecule has 0 aromatic heterocycles. The maximum atomic E-state index is 14.5. The van der Waals surface area contributed by atoms with Gasteiger partial charge >= 0.3 is 0 Å². The maximum absolute atomic E-state index is 14.5. The van der Waals surface area contributed by atoms with E-state index in [2.05, 4.69) is 50.3 Å². The van der Waals surface area contributed by atoms with Crippen LogP contribution in [0.3, 0.4) is 0 Å². The Kier molecular flexibility index (Phi) is 5.18. The topological polar surface area (TPSA) is 43.4 Å². The first-order chi connectivity index (χ1) is 15.3. The third-order valence-electron chi connectivity index (χ3n) is 10.3. The molecule has 3 fully saturated rings. The lowest BCUT2D eigenvalue weighted by atomic mass is 9.52. The highest BCUT2D eigenvalue weighted by atomic mass is 16.5. The Labute approximate surface area is 193 Å². The molecule has 0 spiro atoms. The number of Topliss-reactive ketones (excluding diaryl/α,β-unsaturated/α-hetero) is 2. The summed E-state index contributed by atoms with van der Waals surface area (Å²) in [7, 11) is 1.71. The number of carbonyl (C=O) groups is 2. The summed E-state index contributed by atoms with van der Waals surface area (Å²) in [6.45, 7) is 6.39. The van der Waals surface area contributed by atoms with Crippen molar-refractivity contribution in [3.05, 3.63) is 42.0 Å². The van der Waals surface area contributed by atoms with Gasteiger partial charge in [0.2, 0.25) is 0 Å². The second kappa shape index (κ2) is 7.57. The fourth-order valence-electron chi connectivity index (χ4n) is 8.76. The molecule has 2 bridgehead atoms. The van der Waals surface area contributed by atoms with Gasteiger partial charge < -0.3 is 9.53 Å². The van der Waals surface area contributed by atoms with Crippen LogP contribution in [0.2, 0.25) is 0 Å². The van der Waals surface area contributed by atoms with Gasteiger partial charge in [-0.25, -0.2) is 0 Å². The molecular weight excluding hydrogens is 396 g/mol. The average molecular weight is 435 g/mol. The van der Waals surface area contributed by atoms with Crippen LogP contribution in [0.5, 0.6) is 5.75 Å². The molecule has 3 saturated carbocycles. The molecule has 0 heterocycles. The lowest BCUT2D eigenvalue weighted by molar-refractivity contribution is -0.131. The van der Waals surface area contributed by atoms with Crippen LogP contribution in [0.15, 0.2) is 36.4 Å². The summed E-state index contributed by atoms with van der Waals surface area (Å²) in [6, 6.07) is 8.56. The highest BCUT2D eigenvalue weighted by Crippen LogP contribution is 2.79. The standard InChI is InChI=1S/C29H38O3/c1-19-7-14-24-25(26(31)23(19)13-8-20(2)30)29(21-9-11-22(32-4)12-10-21)18-17-28(24)16-6-5-15-27(28,29)3/h9-12,17-19,23-25H,5-8,13-16H2,1-4H3/t19-,23-,24-,25-,27-,28-,29-/m0/s1. The van der Waals surface area contributed by atoms with Crippen LogP contribution in [0, 0.1) is 34.5 Å². The highest BCUT2D eigenvalue weighted by Gasteiger charge is 2.77. The van der Waals surface area contributed by atoms with Gasteiger partial charge in [0.25, 0.3) is 0 Å². The predicted octanol–water partition coefficient (Wildman–Crippen LogP) is 6.30. The van der Waals surface area contributed by atoms with E-state index in [4.69, 9.17) is 4.74 Å². The molecule has 0 unspecified atom stereocenters. The van der Waals surface area contributed by atoms with Crippen molar-refractivity contribution in [2.75, 3.05) is 7.11 Å². The molecule has 3 heteroatoms. The number of ether oxygens (including phenoxy) is 1. The number of carbonyl (C=O) groups excluding carboxylic acids is 2. The van der Waals surface area contributed by atoms with Gasteiger partial charge in [-0.15, -0.1) is 0 Å². The van der Waals surface area contributed by atoms with Gasteiger partial charge in [0.15, 0.2) is 0 Å². The summed E-state index contributed by atoms with van der Waals surface area (Å²) >= 11 is 0. The van der Waals surface area contributed by atoms with Crippen LogP contribution in [0.4, 0.5) is 0 Å². The molecule has 0 saturated heterocycles. The summed E-state index contributed by atoms with van der Waals surface area (Å²) in [6.07, 6.45) is 13.4. The molecule has 5 rings (SSSR count). The molecule has 1 aromatic carbocycles. The second-order valence-corrected chi connectivity index (χ2v) is 11.4. The minimum atomic E-state index is -0.250. The van der Waals surface area contributed by atoms with Crippen LogP contribution in [0.1, 0.15) is 77.7 Å². The van der Waals surface area contributed by atoms with Crippen LogP contribution < -0.4 is 4.74 Å². The smallest absolute Gasteiger partial charge is 0.140 e. The van der Waals surface area contributed by atoms with E-state index >= 15 is 0 Å². The zero-order valence-corrected chi connectivity index (χ0v) is 20.2. The number of allylic oxidation sites excluding steroid dienone is 2. The first kappa shape index (κ1) is 21.9. The van der Waals surface area contributed by atoms with Gasteiger partial charge in [-0.2, -0.15) is 0 Å². The van der Waals surface area contributed by atoms with Gasteiger partial charge in [-0.1, -0.05) is 51.0 Å². The van der Waals surface area contributed by atoms with Gasteiger partial charge in [0, 0.05) is 23.7 Å². The molecule has 0 amide bonds. The Hall–Kier alpha value is -1.90. The van der Waals surface area contributed by atoms with Crippen LogP contribution >= 0.6 is 0 Å². The Balaban J connectivity index is 1.67. The van der Waals surface area contributed by atoms with E-state index in [1.165, 1.54) is 31.2 Å². The van der Waals surface area contributed by atoms with Crippen molar-refractivity contribution in [2.24, 2.45) is 34.5 Å². The van der Waals surface area contributed by atoms with Crippen molar-refractivity contribution in [2.45, 2.75) is 77.6 Å². The predicted molar refractivity (Wildman–Crippen MR) is 127 cm³/mol. The third kappa shape index (κ3) is 2.66. The normalized spacial score (nSPS) is 42.3. The Morgan fingerprint density at radius 3 is 2.50 bits per heavy atom. The number of ketones is 2. The van der Waals surface area contributed by atoms with Gasteiger partial charge in [0.05, 0.1) is 7.11 Å². The molecule has 4 aliphatic rings. The zero-order valence-electron chi connectivity index (χ0n) is 20.2. The number of hydrogen-bond acceptors (Lipinski definition) is 3. The van der Waals surface area contributed by atoms with Crippen LogP contribution in [-0.4, -0.2) is 18.7 Å². The first-order valence-electron chi connectivity index (χ1n) is 12.7. The molecule has 4 aliphatic carbocycles. The Morgan fingerprint density at radius 2 is 1.81 bits per heavy atom. The molecule has 1 aromatic rings. The SMILES string of the molecule is COc1ccc([C@]23C=C[C@@]4(CCCC[C@]24C)[C@H]2CC[C@H](C)[C@H](CCC(C)=O)C(=O)[C@H]23)cc1. The van der Waals surface area contributed by atoms with E-state index in [9.17, 15) is 9.59 Å². The molecule has 7 atom stereocenters. The monoisotopic (exact) mass is 434 g/mol. The van der Waals surface area contributed by atoms with Crippen LogP contribution in [0.25, 0.3) is 0 Å². The summed E-state index contributed by atoms with van der Waals surface area (Å²) in [5.41, 5.74) is 1.23. The summed E-state index contributed by atoms with van der Waals surface area (Å²) in [5, 5.41) is 0. The van der Waals surface area contributed by atoms with E-state index < -0.39 is 0 Å². The third-order valence-corrected chi connectivity index (χ3v) is 10.3. The van der Waals surface area contributed by atoms with E-state index in [0.717, 1.165) is 18.6 Å². The number of fused-ring (bicyclic) bond motifs is 2. The molecule has 0 radical (unpaired) electrons. The number of hydrogen-bond donors (Lipinski definition) is 0. The lowest BCUT2D eigenvalue weighted by Gasteiger charge is -2.51. The number of benzene rings is 1. The van der Waals surface area contributed by atoms with Gasteiger partial charge in [-0.3, -0.25) is 4.79 Å². The minimum absolute atomic E-state index is 0.00109. The van der Waals surface area contributed by atoms with E-state index in [1.54, 1.807) is 14.0 Å². The van der Waals surface area contributed by atoms with Crippen molar-refractivity contribution in [1.29, 1.82) is 0 Å². The lowest BCUT2D eigenvalue weighted by Crippen LogP contribution is -2.48. The van der Waals surface area contributed by atoms with Crippen molar-refractivity contribution in [1.82, 2.24) is 0 Å². The molecular formula is C29H38O3. The molecule has 0 aliphatic heterocycles. The fraction of sp³-hybridized carbons (Fsp3) is 0.655. The molecule has 3 nitrogen and oxygen atoms in total. The largest absolute Gasteiger partial charge is 0.497 e. The molecule has 32 heavy (non-hydrogen) atoms. The molecule has 0 N–H and O–H groups in total. The quantitative estimate of drug-likeness (QED) is 0.511. The van der Waals surface area contributed by atoms with Crippen molar-refractivity contribution < 1.29 is 14.3 Å². The Bertz CT molecular complexity index is 946. The Morgan fingerprint density at radius 1 is 1.09 bits per heavy atom. The minimum Gasteiger partial charge on any atom is -0.497 e. The first-order valence-corrected chi connectivity index (χ1v) is 12.7. The van der Waals surface area contributed by atoms with E-state index in [-0.39, 0.29) is 33.9 Å². The van der Waals surface area contributed by atoms with Crippen molar-refractivity contribution in [3.8, 4) is 5.75 Å². The van der Waals surface area contributed by atoms with E-state index in [0.29, 0.717) is 30.5 Å². The van der Waals surface area contributed by atoms with Gasteiger partial charge in [-0.05, 0) is 79.4 Å². The summed E-state index contributed by atoms with van der Waals surface area (Å²) in [4.78, 5) is 26.3. The highest BCUT2D eigenvalue weighted by molar-refractivity contribution is 5.89. The average Bonchev–Trinajstić information content (AvgIpc) is 3.11. The van der Waals surface area contributed by atoms with Crippen molar-refractivity contribution in [3.63, 3.8) is 0 Å². The van der Waals surface area contributed by atoms with Crippen LogP contribution in [-0.2, 0) is 15.0 Å². The maximum Gasteiger partial charge on any atom is 0.140 e. The fourth-order valence-corrected chi connectivity index (χ4v) is 8.76. The molecule has 172 valence electrons.